The average Bonchev–Trinajstić information content (AvgIpc) is 3.52. The number of benzene rings is 2. The van der Waals surface area contributed by atoms with Crippen LogP contribution in [0.4, 0.5) is 0 Å². The molecule has 1 saturated carbocycles. The maximum Gasteiger partial charge on any atom is 0.251 e. The molecule has 3 heterocycles. The van der Waals surface area contributed by atoms with Gasteiger partial charge in [-0.25, -0.2) is 4.90 Å². The Balaban J connectivity index is 1.15. The van der Waals surface area contributed by atoms with E-state index in [0.29, 0.717) is 31.0 Å². The van der Waals surface area contributed by atoms with E-state index >= 15 is 0 Å². The van der Waals surface area contributed by atoms with Gasteiger partial charge in [0, 0.05) is 31.3 Å². The second kappa shape index (κ2) is 9.83. The van der Waals surface area contributed by atoms with Crippen molar-refractivity contribution in [3.8, 4) is 0 Å². The first-order valence-corrected chi connectivity index (χ1v) is 13.4. The molecule has 7 rings (SSSR count). The summed E-state index contributed by atoms with van der Waals surface area (Å²) in [4.78, 5) is 30.2. The van der Waals surface area contributed by atoms with Crippen molar-refractivity contribution in [3.05, 3.63) is 70.8 Å². The molecule has 0 aromatic heterocycles. The van der Waals surface area contributed by atoms with Crippen molar-refractivity contribution in [1.82, 2.24) is 15.1 Å². The summed E-state index contributed by atoms with van der Waals surface area (Å²) in [5.41, 5.74) is 3.29. The summed E-state index contributed by atoms with van der Waals surface area (Å²) in [7, 11) is 0. The average molecular weight is 506 g/mol. The van der Waals surface area contributed by atoms with Crippen molar-refractivity contribution < 1.29 is 24.2 Å². The maximum absolute atomic E-state index is 13.6. The van der Waals surface area contributed by atoms with E-state index in [1.165, 1.54) is 12.8 Å². The molecule has 2 aliphatic carbocycles. The van der Waals surface area contributed by atoms with Crippen LogP contribution in [0.15, 0.2) is 48.5 Å². The smallest absolute Gasteiger partial charge is 0.251 e. The summed E-state index contributed by atoms with van der Waals surface area (Å²) in [5.74, 6) is 0.548. The Morgan fingerprint density at radius 2 is 2.03 bits per heavy atom. The van der Waals surface area contributed by atoms with Crippen molar-refractivity contribution in [2.45, 2.75) is 69.9 Å². The predicted octanol–water partition coefficient (Wildman–Crippen LogP) is 2.74. The largest absolute Gasteiger partial charge is 0.396 e. The molecule has 4 atom stereocenters. The number of rotatable bonds is 10. The summed E-state index contributed by atoms with van der Waals surface area (Å²) >= 11 is 0. The lowest BCUT2D eigenvalue weighted by atomic mass is 9.92. The number of hydrogen-bond acceptors (Lipinski definition) is 6. The Morgan fingerprint density at radius 1 is 1.22 bits per heavy atom. The van der Waals surface area contributed by atoms with Gasteiger partial charge in [-0.2, -0.15) is 0 Å². The lowest BCUT2D eigenvalue weighted by Crippen LogP contribution is -2.59. The van der Waals surface area contributed by atoms with Gasteiger partial charge < -0.3 is 24.8 Å². The summed E-state index contributed by atoms with van der Waals surface area (Å²) in [6.07, 6.45) is 3.63. The van der Waals surface area contributed by atoms with Crippen LogP contribution in [-0.2, 0) is 32.8 Å². The number of fused-ring (bicyclic) bond motifs is 1. The van der Waals surface area contributed by atoms with Crippen LogP contribution in [0.1, 0.15) is 59.7 Å². The SMILES string of the molecule is C[C@@H](C1CC1)N(Cc1ccccc1)C(=O)CN1C2OC1[C@]1(CCc3cc(C(=O)NCCCO)ccc31)O2. The van der Waals surface area contributed by atoms with E-state index in [1.54, 1.807) is 0 Å². The highest BCUT2D eigenvalue weighted by Gasteiger charge is 2.66. The predicted molar refractivity (Wildman–Crippen MR) is 136 cm³/mol. The molecule has 2 aromatic carbocycles. The van der Waals surface area contributed by atoms with Gasteiger partial charge >= 0.3 is 0 Å². The number of hydrogen-bond donors (Lipinski definition) is 2. The van der Waals surface area contributed by atoms with Gasteiger partial charge in [0.15, 0.2) is 6.23 Å². The Hall–Kier alpha value is -2.78. The Morgan fingerprint density at radius 3 is 2.78 bits per heavy atom. The topological polar surface area (TPSA) is 91.3 Å². The number of amides is 2. The normalized spacial score (nSPS) is 26.5. The molecule has 0 radical (unpaired) electrons. The molecule has 2 N–H and O–H groups in total. The number of aryl methyl sites for hydroxylation is 1. The van der Waals surface area contributed by atoms with E-state index in [4.69, 9.17) is 14.6 Å². The van der Waals surface area contributed by atoms with Crippen molar-refractivity contribution in [3.63, 3.8) is 0 Å². The Bertz CT molecular complexity index is 1170. The molecule has 1 spiro atoms. The molecule has 2 amide bonds. The molecule has 2 unspecified atom stereocenters. The van der Waals surface area contributed by atoms with Crippen LogP contribution < -0.4 is 5.32 Å². The molecule has 2 aromatic rings. The first kappa shape index (κ1) is 24.6. The van der Waals surface area contributed by atoms with E-state index in [0.717, 1.165) is 29.5 Å². The highest BCUT2D eigenvalue weighted by Crippen LogP contribution is 2.56. The number of nitrogens with zero attached hydrogens (tertiary/aromatic N) is 2. The molecule has 8 heteroatoms. The van der Waals surface area contributed by atoms with Crippen molar-refractivity contribution in [2.24, 2.45) is 5.92 Å². The van der Waals surface area contributed by atoms with Crippen LogP contribution >= 0.6 is 0 Å². The second-order valence-corrected chi connectivity index (χ2v) is 10.8. The number of aliphatic hydroxyl groups excluding tert-OH is 1. The molecular weight excluding hydrogens is 470 g/mol. The van der Waals surface area contributed by atoms with Crippen LogP contribution in [0.3, 0.4) is 0 Å². The van der Waals surface area contributed by atoms with Crippen LogP contribution in [-0.4, -0.2) is 65.1 Å². The molecule has 2 bridgehead atoms. The third-order valence-corrected chi connectivity index (χ3v) is 8.37. The monoisotopic (exact) mass is 505 g/mol. The van der Waals surface area contributed by atoms with E-state index in [1.807, 2.05) is 46.2 Å². The Labute approximate surface area is 217 Å². The number of aliphatic hydroxyl groups is 1. The van der Waals surface area contributed by atoms with Gasteiger partial charge in [-0.05, 0) is 73.8 Å². The van der Waals surface area contributed by atoms with E-state index in [-0.39, 0.29) is 37.2 Å². The minimum absolute atomic E-state index is 0.0510. The van der Waals surface area contributed by atoms with E-state index in [9.17, 15) is 9.59 Å². The van der Waals surface area contributed by atoms with E-state index in [2.05, 4.69) is 24.4 Å². The number of carbonyl (C=O) groups is 2. The first-order chi connectivity index (χ1) is 18.0. The second-order valence-electron chi connectivity index (χ2n) is 10.8. The molecule has 196 valence electrons. The number of carbonyl (C=O) groups excluding carboxylic acids is 2. The Kier molecular flexibility index (Phi) is 6.52. The number of nitrogens with one attached hydrogen (secondary N) is 1. The van der Waals surface area contributed by atoms with Gasteiger partial charge in [0.05, 0.1) is 6.54 Å². The summed E-state index contributed by atoms with van der Waals surface area (Å²) < 4.78 is 12.5. The van der Waals surface area contributed by atoms with Crippen LogP contribution in [0.5, 0.6) is 0 Å². The fourth-order valence-corrected chi connectivity index (χ4v) is 6.08. The maximum atomic E-state index is 13.6. The van der Waals surface area contributed by atoms with Gasteiger partial charge in [-0.3, -0.25) is 9.59 Å². The van der Waals surface area contributed by atoms with Gasteiger partial charge in [-0.15, -0.1) is 0 Å². The van der Waals surface area contributed by atoms with E-state index < -0.39 is 12.0 Å². The minimum atomic E-state index is -0.599. The molecule has 8 nitrogen and oxygen atoms in total. The third kappa shape index (κ3) is 4.46. The molecule has 37 heavy (non-hydrogen) atoms. The fourth-order valence-electron chi connectivity index (χ4n) is 6.08. The molecule has 5 aliphatic rings. The molecular formula is C29H35N3O5. The quantitative estimate of drug-likeness (QED) is 0.483. The zero-order valence-corrected chi connectivity index (χ0v) is 21.3. The fraction of sp³-hybridized carbons (Fsp3) is 0.517. The van der Waals surface area contributed by atoms with Crippen molar-refractivity contribution >= 4 is 11.8 Å². The summed E-state index contributed by atoms with van der Waals surface area (Å²) in [6.45, 7) is 3.54. The third-order valence-electron chi connectivity index (χ3n) is 8.37. The zero-order valence-electron chi connectivity index (χ0n) is 21.3. The number of ether oxygens (including phenoxy) is 2. The highest BCUT2D eigenvalue weighted by molar-refractivity contribution is 5.94. The zero-order chi connectivity index (χ0) is 25.6. The summed E-state index contributed by atoms with van der Waals surface area (Å²) in [5, 5.41) is 11.8. The first-order valence-electron chi connectivity index (χ1n) is 13.4. The summed E-state index contributed by atoms with van der Waals surface area (Å²) in [6, 6.07) is 16.1. The van der Waals surface area contributed by atoms with Crippen molar-refractivity contribution in [1.29, 1.82) is 0 Å². The molecule has 4 fully saturated rings. The minimum Gasteiger partial charge on any atom is -0.396 e. The lowest BCUT2D eigenvalue weighted by Gasteiger charge is -2.41. The lowest BCUT2D eigenvalue weighted by molar-refractivity contribution is -0.285. The van der Waals surface area contributed by atoms with Crippen LogP contribution in [0.2, 0.25) is 0 Å². The van der Waals surface area contributed by atoms with Crippen LogP contribution in [0.25, 0.3) is 0 Å². The van der Waals surface area contributed by atoms with Gasteiger partial charge in [-0.1, -0.05) is 36.4 Å². The van der Waals surface area contributed by atoms with Gasteiger partial charge in [0.2, 0.25) is 12.3 Å². The van der Waals surface area contributed by atoms with Crippen molar-refractivity contribution in [2.75, 3.05) is 19.7 Å². The van der Waals surface area contributed by atoms with Crippen LogP contribution in [0, 0.1) is 5.92 Å². The highest BCUT2D eigenvalue weighted by atomic mass is 16.8. The molecule has 3 aliphatic heterocycles. The molecule has 3 saturated heterocycles. The van der Waals surface area contributed by atoms with Gasteiger partial charge in [0.1, 0.15) is 5.60 Å². The standard InChI is InChI=1S/C29H35N3O5/c1-19(21-8-9-21)31(17-20-6-3-2-4-7-20)25(34)18-32-27-29(37-28(32)36-27)13-12-22-16-23(10-11-24(22)29)26(35)30-14-5-15-33/h2-4,6-7,10-11,16,19,21,27-28,33H,5,8-9,12-15,17-18H2,1H3,(H,30,35)/t19-,27?,28?,29+/m0/s1. The van der Waals surface area contributed by atoms with Gasteiger partial charge in [0.25, 0.3) is 5.91 Å².